The molecule has 0 bridgehead atoms. The predicted molar refractivity (Wildman–Crippen MR) is 91.5 cm³/mol. The lowest BCUT2D eigenvalue weighted by atomic mass is 10.1. The van der Waals surface area contributed by atoms with Gasteiger partial charge >= 0.3 is 0 Å². The number of carbonyl (C=O) groups excluding carboxylic acids is 1. The fourth-order valence-corrected chi connectivity index (χ4v) is 2.25. The van der Waals surface area contributed by atoms with E-state index in [9.17, 15) is 4.79 Å². The van der Waals surface area contributed by atoms with Crippen LogP contribution in [-0.4, -0.2) is 16.9 Å². The summed E-state index contributed by atoms with van der Waals surface area (Å²) < 4.78 is 5.66. The molecule has 2 rings (SSSR count). The molecule has 1 atom stereocenters. The molecule has 5 nitrogen and oxygen atoms in total. The van der Waals surface area contributed by atoms with Crippen molar-refractivity contribution in [1.29, 1.82) is 0 Å². The van der Waals surface area contributed by atoms with Gasteiger partial charge in [0.05, 0.1) is 11.1 Å². The number of anilines is 1. The highest BCUT2D eigenvalue weighted by atomic mass is 35.5. The van der Waals surface area contributed by atoms with Crippen LogP contribution in [0.15, 0.2) is 42.7 Å². The number of nitrogens with two attached hydrogens (primary N) is 1. The monoisotopic (exact) mass is 333 g/mol. The number of amides is 1. The maximum absolute atomic E-state index is 11.9. The average molecular weight is 334 g/mol. The van der Waals surface area contributed by atoms with E-state index in [-0.39, 0.29) is 5.91 Å². The molecule has 2 aromatic rings. The van der Waals surface area contributed by atoms with Crippen LogP contribution in [0, 0.1) is 0 Å². The van der Waals surface area contributed by atoms with E-state index in [0.29, 0.717) is 29.5 Å². The van der Waals surface area contributed by atoms with E-state index in [1.807, 2.05) is 19.1 Å². The van der Waals surface area contributed by atoms with Gasteiger partial charge in [-0.05, 0) is 30.7 Å². The number of rotatable bonds is 7. The molecule has 3 N–H and O–H groups in total. The second-order valence-corrected chi connectivity index (χ2v) is 5.59. The molecule has 1 heterocycles. The summed E-state index contributed by atoms with van der Waals surface area (Å²) in [5.41, 5.74) is 7.33. The third-order valence-corrected chi connectivity index (χ3v) is 3.55. The number of nitrogens with one attached hydrogen (secondary N) is 1. The fourth-order valence-electron chi connectivity index (χ4n) is 2.02. The number of carbonyl (C=O) groups is 1. The molecule has 0 saturated carbocycles. The first kappa shape index (κ1) is 17.2. The number of pyridine rings is 1. The Balaban J connectivity index is 1.96. The Bertz CT molecular complexity index is 650. The van der Waals surface area contributed by atoms with Gasteiger partial charge in [0.15, 0.2) is 0 Å². The predicted octanol–water partition coefficient (Wildman–Crippen LogP) is 3.38. The number of aromatic nitrogens is 1. The number of ether oxygens (including phenoxy) is 1. The zero-order valence-electron chi connectivity index (χ0n) is 13.0. The second kappa shape index (κ2) is 8.50. The molecule has 0 fully saturated rings. The van der Waals surface area contributed by atoms with Crippen LogP contribution >= 0.6 is 11.6 Å². The van der Waals surface area contributed by atoms with Crippen LogP contribution in [-0.2, 0) is 11.4 Å². The van der Waals surface area contributed by atoms with Crippen molar-refractivity contribution in [3.05, 3.63) is 53.3 Å². The van der Waals surface area contributed by atoms with E-state index in [1.165, 1.54) is 0 Å². The zero-order chi connectivity index (χ0) is 16.7. The first-order valence-electron chi connectivity index (χ1n) is 7.48. The number of halogens is 1. The molecule has 0 aliphatic heterocycles. The zero-order valence-corrected chi connectivity index (χ0v) is 13.7. The van der Waals surface area contributed by atoms with Gasteiger partial charge in [0.2, 0.25) is 5.91 Å². The van der Waals surface area contributed by atoms with Gasteiger partial charge in [-0.15, -0.1) is 0 Å². The largest absolute Gasteiger partial charge is 0.487 e. The lowest BCUT2D eigenvalue weighted by molar-refractivity contribution is -0.117. The summed E-state index contributed by atoms with van der Waals surface area (Å²) in [5.74, 6) is 0.332. The number of hydrogen-bond donors (Lipinski definition) is 2. The van der Waals surface area contributed by atoms with Gasteiger partial charge in [-0.25, -0.2) is 0 Å². The standard InChI is InChI=1S/C17H20ClN3O2/c1-2-4-15(19)17(22)21-13-6-7-16(14(18)9-13)23-11-12-5-3-8-20-10-12/h3,5-10,15H,2,4,11,19H2,1H3,(H,21,22). The molecule has 6 heteroatoms. The summed E-state index contributed by atoms with van der Waals surface area (Å²) >= 11 is 6.20. The molecule has 0 aliphatic rings. The summed E-state index contributed by atoms with van der Waals surface area (Å²) in [6, 6.07) is 8.36. The summed E-state index contributed by atoms with van der Waals surface area (Å²) in [4.78, 5) is 15.9. The number of nitrogens with zero attached hydrogens (tertiary/aromatic N) is 1. The molecular weight excluding hydrogens is 314 g/mol. The van der Waals surface area contributed by atoms with Crippen LogP contribution in [0.4, 0.5) is 5.69 Å². The Morgan fingerprint density at radius 1 is 1.43 bits per heavy atom. The van der Waals surface area contributed by atoms with Gasteiger partial charge in [0.1, 0.15) is 12.4 Å². The smallest absolute Gasteiger partial charge is 0.241 e. The normalized spacial score (nSPS) is 11.8. The van der Waals surface area contributed by atoms with E-state index in [4.69, 9.17) is 22.1 Å². The molecule has 0 spiro atoms. The van der Waals surface area contributed by atoms with Crippen LogP contribution in [0.2, 0.25) is 5.02 Å². The van der Waals surface area contributed by atoms with Crippen LogP contribution in [0.5, 0.6) is 5.75 Å². The maximum Gasteiger partial charge on any atom is 0.241 e. The molecule has 0 aliphatic carbocycles. The van der Waals surface area contributed by atoms with Crippen LogP contribution < -0.4 is 15.8 Å². The van der Waals surface area contributed by atoms with Gasteiger partial charge in [-0.3, -0.25) is 9.78 Å². The minimum Gasteiger partial charge on any atom is -0.487 e. The van der Waals surface area contributed by atoms with Crippen molar-refractivity contribution in [2.24, 2.45) is 5.73 Å². The molecule has 0 saturated heterocycles. The van der Waals surface area contributed by atoms with Crippen molar-refractivity contribution in [3.8, 4) is 5.75 Å². The van der Waals surface area contributed by atoms with Gasteiger partial charge in [-0.2, -0.15) is 0 Å². The molecule has 1 aromatic heterocycles. The minimum atomic E-state index is -0.514. The molecule has 1 amide bonds. The summed E-state index contributed by atoms with van der Waals surface area (Å²) in [6.45, 7) is 2.36. The lowest BCUT2D eigenvalue weighted by Gasteiger charge is -2.13. The first-order valence-corrected chi connectivity index (χ1v) is 7.85. The van der Waals surface area contributed by atoms with E-state index in [2.05, 4.69) is 10.3 Å². The van der Waals surface area contributed by atoms with Gasteiger partial charge < -0.3 is 15.8 Å². The molecule has 23 heavy (non-hydrogen) atoms. The highest BCUT2D eigenvalue weighted by Crippen LogP contribution is 2.28. The highest BCUT2D eigenvalue weighted by molar-refractivity contribution is 6.32. The van der Waals surface area contributed by atoms with Gasteiger partial charge in [-0.1, -0.05) is 31.0 Å². The van der Waals surface area contributed by atoms with E-state index in [1.54, 1.807) is 30.6 Å². The Labute approximate surface area is 140 Å². The van der Waals surface area contributed by atoms with Crippen LogP contribution in [0.3, 0.4) is 0 Å². The molecule has 1 aromatic carbocycles. The first-order chi connectivity index (χ1) is 11.1. The topological polar surface area (TPSA) is 77.2 Å². The van der Waals surface area contributed by atoms with Crippen molar-refractivity contribution < 1.29 is 9.53 Å². The lowest BCUT2D eigenvalue weighted by Crippen LogP contribution is -2.35. The SMILES string of the molecule is CCCC(N)C(=O)Nc1ccc(OCc2cccnc2)c(Cl)c1. The summed E-state index contributed by atoms with van der Waals surface area (Å²) in [5, 5.41) is 3.18. The Morgan fingerprint density at radius 2 is 2.26 bits per heavy atom. The van der Waals surface area contributed by atoms with E-state index >= 15 is 0 Å². The van der Waals surface area contributed by atoms with Crippen molar-refractivity contribution in [3.63, 3.8) is 0 Å². The van der Waals surface area contributed by atoms with Crippen LogP contribution in [0.1, 0.15) is 25.3 Å². The average Bonchev–Trinajstić information content (AvgIpc) is 2.55. The van der Waals surface area contributed by atoms with Crippen molar-refractivity contribution in [2.45, 2.75) is 32.4 Å². The Morgan fingerprint density at radius 3 is 2.91 bits per heavy atom. The third kappa shape index (κ3) is 5.23. The second-order valence-electron chi connectivity index (χ2n) is 5.18. The minimum absolute atomic E-state index is 0.216. The van der Waals surface area contributed by atoms with Gasteiger partial charge in [0.25, 0.3) is 0 Å². The Kier molecular flexibility index (Phi) is 6.38. The number of benzene rings is 1. The van der Waals surface area contributed by atoms with Crippen molar-refractivity contribution in [2.75, 3.05) is 5.32 Å². The quantitative estimate of drug-likeness (QED) is 0.814. The highest BCUT2D eigenvalue weighted by Gasteiger charge is 2.13. The third-order valence-electron chi connectivity index (χ3n) is 3.25. The van der Waals surface area contributed by atoms with Crippen LogP contribution in [0.25, 0.3) is 0 Å². The molecule has 1 unspecified atom stereocenters. The molecular formula is C17H20ClN3O2. The van der Waals surface area contributed by atoms with Crippen molar-refractivity contribution >= 4 is 23.2 Å². The molecule has 122 valence electrons. The molecule has 0 radical (unpaired) electrons. The summed E-state index contributed by atoms with van der Waals surface area (Å²) in [7, 11) is 0. The maximum atomic E-state index is 11.9. The van der Waals surface area contributed by atoms with Crippen molar-refractivity contribution in [1.82, 2.24) is 4.98 Å². The number of hydrogen-bond acceptors (Lipinski definition) is 4. The summed E-state index contributed by atoms with van der Waals surface area (Å²) in [6.07, 6.45) is 4.94. The fraction of sp³-hybridized carbons (Fsp3) is 0.294. The van der Waals surface area contributed by atoms with Gasteiger partial charge in [0, 0.05) is 23.6 Å². The van der Waals surface area contributed by atoms with E-state index in [0.717, 1.165) is 12.0 Å². The van der Waals surface area contributed by atoms with E-state index < -0.39 is 6.04 Å². The Hall–Kier alpha value is -2.11.